The van der Waals surface area contributed by atoms with E-state index in [2.05, 4.69) is 45.1 Å². The number of rotatable bonds is 6. The fourth-order valence-corrected chi connectivity index (χ4v) is 3.67. The Morgan fingerprint density at radius 2 is 2.17 bits per heavy atom. The van der Waals surface area contributed by atoms with Gasteiger partial charge in [0.15, 0.2) is 5.69 Å². The highest BCUT2D eigenvalue weighted by Gasteiger charge is 2.23. The standard InChI is InChI=1S/C22H27N5O2/c1-15(12-18(14-23-2)27-8-10-29-11-9-27)16-6-7-20-19(13-16)21(26-25-20)22(28)24-17-4-3-5-17/h6-7,12-14,17H,2-5,8-11H2,1H3,(H,24,28)(H,25,26)/b15-12+,18-14+. The highest BCUT2D eigenvalue weighted by Crippen LogP contribution is 2.25. The molecule has 0 unspecified atom stereocenters. The Hall–Kier alpha value is -2.93. The lowest BCUT2D eigenvalue weighted by Crippen LogP contribution is -2.39. The third kappa shape index (κ3) is 4.24. The fourth-order valence-electron chi connectivity index (χ4n) is 3.67. The first-order chi connectivity index (χ1) is 14.2. The smallest absolute Gasteiger partial charge is 0.272 e. The van der Waals surface area contributed by atoms with Crippen LogP contribution in [0.1, 0.15) is 42.2 Å². The maximum absolute atomic E-state index is 12.6. The molecule has 1 amide bonds. The van der Waals surface area contributed by atoms with Gasteiger partial charge >= 0.3 is 0 Å². The van der Waals surface area contributed by atoms with Crippen LogP contribution in [0.2, 0.25) is 0 Å². The summed E-state index contributed by atoms with van der Waals surface area (Å²) in [6, 6.07) is 6.32. The monoisotopic (exact) mass is 393 g/mol. The predicted molar refractivity (Wildman–Crippen MR) is 115 cm³/mol. The van der Waals surface area contributed by atoms with Crippen molar-refractivity contribution in [3.8, 4) is 0 Å². The van der Waals surface area contributed by atoms with Crippen LogP contribution in [0.5, 0.6) is 0 Å². The van der Waals surface area contributed by atoms with Gasteiger partial charge in [0.2, 0.25) is 0 Å². The van der Waals surface area contributed by atoms with Gasteiger partial charge < -0.3 is 15.0 Å². The molecule has 1 saturated heterocycles. The first kappa shape index (κ1) is 19.4. The van der Waals surface area contributed by atoms with Crippen LogP contribution in [0, 0.1) is 0 Å². The molecule has 29 heavy (non-hydrogen) atoms. The summed E-state index contributed by atoms with van der Waals surface area (Å²) < 4.78 is 5.45. The van der Waals surface area contributed by atoms with Crippen molar-refractivity contribution in [2.24, 2.45) is 4.99 Å². The molecule has 2 fully saturated rings. The van der Waals surface area contributed by atoms with Crippen LogP contribution in [0.25, 0.3) is 16.5 Å². The number of benzene rings is 1. The second-order valence-corrected chi connectivity index (χ2v) is 7.60. The van der Waals surface area contributed by atoms with Crippen molar-refractivity contribution < 1.29 is 9.53 Å². The van der Waals surface area contributed by atoms with Crippen molar-refractivity contribution in [1.29, 1.82) is 0 Å². The quantitative estimate of drug-likeness (QED) is 0.584. The van der Waals surface area contributed by atoms with Gasteiger partial charge in [-0.2, -0.15) is 5.10 Å². The zero-order valence-corrected chi connectivity index (χ0v) is 16.8. The van der Waals surface area contributed by atoms with Crippen LogP contribution < -0.4 is 5.32 Å². The van der Waals surface area contributed by atoms with Gasteiger partial charge in [0, 0.05) is 30.7 Å². The average Bonchev–Trinajstić information content (AvgIpc) is 3.14. The number of carbonyl (C=O) groups is 1. The molecule has 7 nitrogen and oxygen atoms in total. The van der Waals surface area contributed by atoms with Crippen LogP contribution in [0.4, 0.5) is 0 Å². The number of nitrogens with one attached hydrogen (secondary N) is 2. The molecule has 4 rings (SSSR count). The number of aromatic nitrogens is 2. The second kappa shape index (κ2) is 8.61. The molecule has 1 aromatic carbocycles. The lowest BCUT2D eigenvalue weighted by Gasteiger charge is -2.29. The third-order valence-corrected chi connectivity index (χ3v) is 5.64. The number of hydrogen-bond acceptors (Lipinski definition) is 5. The largest absolute Gasteiger partial charge is 0.378 e. The van der Waals surface area contributed by atoms with E-state index >= 15 is 0 Å². The Bertz CT molecular complexity index is 965. The van der Waals surface area contributed by atoms with Gasteiger partial charge in [-0.25, -0.2) is 0 Å². The van der Waals surface area contributed by atoms with Crippen molar-refractivity contribution in [3.63, 3.8) is 0 Å². The molecule has 1 aliphatic heterocycles. The summed E-state index contributed by atoms with van der Waals surface area (Å²) in [5, 5.41) is 11.1. The summed E-state index contributed by atoms with van der Waals surface area (Å²) >= 11 is 0. The summed E-state index contributed by atoms with van der Waals surface area (Å²) in [6.45, 7) is 8.75. The summed E-state index contributed by atoms with van der Waals surface area (Å²) in [5.74, 6) is -0.107. The molecule has 2 aliphatic rings. The van der Waals surface area contributed by atoms with Crippen LogP contribution >= 0.6 is 0 Å². The van der Waals surface area contributed by atoms with Crippen LogP contribution in [-0.4, -0.2) is 60.1 Å². The van der Waals surface area contributed by atoms with Crippen LogP contribution in [0.3, 0.4) is 0 Å². The number of aliphatic imine (C=N–C) groups is 1. The van der Waals surface area contributed by atoms with Gasteiger partial charge in [0.25, 0.3) is 5.91 Å². The molecule has 7 heteroatoms. The maximum Gasteiger partial charge on any atom is 0.272 e. The van der Waals surface area contributed by atoms with Crippen LogP contribution in [0.15, 0.2) is 41.2 Å². The first-order valence-electron chi connectivity index (χ1n) is 10.1. The Morgan fingerprint density at radius 3 is 2.86 bits per heavy atom. The minimum atomic E-state index is -0.107. The van der Waals surface area contributed by atoms with E-state index in [-0.39, 0.29) is 11.9 Å². The van der Waals surface area contributed by atoms with Gasteiger partial charge in [0.1, 0.15) is 0 Å². The minimum absolute atomic E-state index is 0.107. The van der Waals surface area contributed by atoms with Crippen molar-refractivity contribution >= 4 is 29.1 Å². The van der Waals surface area contributed by atoms with Crippen molar-refractivity contribution in [2.45, 2.75) is 32.2 Å². The second-order valence-electron chi connectivity index (χ2n) is 7.60. The molecule has 1 aliphatic carbocycles. The number of hydrogen-bond donors (Lipinski definition) is 2. The predicted octanol–water partition coefficient (Wildman–Crippen LogP) is 3.12. The van der Waals surface area contributed by atoms with Gasteiger partial charge in [0.05, 0.1) is 24.4 Å². The molecule has 2 aromatic rings. The van der Waals surface area contributed by atoms with E-state index in [1.54, 1.807) is 6.20 Å². The summed E-state index contributed by atoms with van der Waals surface area (Å²) in [4.78, 5) is 18.8. The number of nitrogens with zero attached hydrogens (tertiary/aromatic N) is 3. The molecule has 0 radical (unpaired) electrons. The molecule has 0 spiro atoms. The summed E-state index contributed by atoms with van der Waals surface area (Å²) in [5.41, 5.74) is 4.45. The molecule has 2 heterocycles. The number of carbonyl (C=O) groups excluding carboxylic acids is 1. The Kier molecular flexibility index (Phi) is 5.76. The molecule has 0 atom stereocenters. The van der Waals surface area contributed by atoms with Crippen molar-refractivity contribution in [3.05, 3.63) is 47.4 Å². The Balaban J connectivity index is 1.61. The maximum atomic E-state index is 12.6. The fraction of sp³-hybridized carbons (Fsp3) is 0.409. The topological polar surface area (TPSA) is 82.6 Å². The zero-order valence-electron chi connectivity index (χ0n) is 16.8. The van der Waals surface area contributed by atoms with Gasteiger partial charge in [-0.1, -0.05) is 6.07 Å². The normalized spacial score (nSPS) is 18.6. The van der Waals surface area contributed by atoms with E-state index in [9.17, 15) is 4.79 Å². The SMILES string of the molecule is C=N/C=C(\C=C(/C)c1ccc2[nH]nc(C(=O)NC3CCC3)c2c1)N1CCOCC1. The van der Waals surface area contributed by atoms with Crippen LogP contribution in [-0.2, 0) is 4.74 Å². The minimum Gasteiger partial charge on any atom is -0.378 e. The summed E-state index contributed by atoms with van der Waals surface area (Å²) in [7, 11) is 0. The zero-order chi connectivity index (χ0) is 20.2. The van der Waals surface area contributed by atoms with E-state index in [0.717, 1.165) is 53.7 Å². The molecule has 1 aromatic heterocycles. The van der Waals surface area contributed by atoms with Gasteiger partial charge in [-0.05, 0) is 62.2 Å². The van der Waals surface area contributed by atoms with E-state index in [4.69, 9.17) is 4.74 Å². The molecule has 1 saturated carbocycles. The highest BCUT2D eigenvalue weighted by atomic mass is 16.5. The van der Waals surface area contributed by atoms with E-state index < -0.39 is 0 Å². The van der Waals surface area contributed by atoms with Crippen molar-refractivity contribution in [1.82, 2.24) is 20.4 Å². The highest BCUT2D eigenvalue weighted by molar-refractivity contribution is 6.05. The average molecular weight is 393 g/mol. The van der Waals surface area contributed by atoms with Gasteiger partial charge in [-0.15, -0.1) is 0 Å². The molecule has 152 valence electrons. The van der Waals surface area contributed by atoms with Gasteiger partial charge in [-0.3, -0.25) is 14.9 Å². The summed E-state index contributed by atoms with van der Waals surface area (Å²) in [6.07, 6.45) is 7.17. The number of aromatic amines is 1. The van der Waals surface area contributed by atoms with E-state index in [1.807, 2.05) is 18.2 Å². The number of amides is 1. The Labute approximate surface area is 170 Å². The molecule has 2 N–H and O–H groups in total. The number of fused-ring (bicyclic) bond motifs is 1. The van der Waals surface area contributed by atoms with E-state index in [0.29, 0.717) is 18.9 Å². The molecule has 0 bridgehead atoms. The lowest BCUT2D eigenvalue weighted by atomic mass is 9.93. The van der Waals surface area contributed by atoms with Crippen molar-refractivity contribution in [2.75, 3.05) is 26.3 Å². The first-order valence-corrected chi connectivity index (χ1v) is 10.1. The number of morpholine rings is 1. The number of ether oxygens (including phenoxy) is 1. The number of allylic oxidation sites excluding steroid dienone is 2. The Morgan fingerprint density at radius 1 is 1.38 bits per heavy atom. The third-order valence-electron chi connectivity index (χ3n) is 5.64. The lowest BCUT2D eigenvalue weighted by molar-refractivity contribution is 0.0553. The number of H-pyrrole nitrogens is 1. The molecular formula is C22H27N5O2. The molecular weight excluding hydrogens is 366 g/mol. The van der Waals surface area contributed by atoms with E-state index in [1.165, 1.54) is 6.42 Å².